The molecule has 0 heterocycles. The van der Waals surface area contributed by atoms with Crippen molar-refractivity contribution in [2.45, 2.75) is 6.42 Å². The van der Waals surface area contributed by atoms with Crippen molar-refractivity contribution in [2.24, 2.45) is 0 Å². The summed E-state index contributed by atoms with van der Waals surface area (Å²) in [5.41, 5.74) is 0.597. The maximum absolute atomic E-state index is 13.0. The highest BCUT2D eigenvalue weighted by molar-refractivity contribution is 6.32. The Hall–Kier alpha value is -2.14. The molecule has 0 aliphatic heterocycles. The molecule has 0 saturated heterocycles. The number of hydrogen-bond donors (Lipinski definition) is 1. The quantitative estimate of drug-likeness (QED) is 0.827. The predicted molar refractivity (Wildman–Crippen MR) is 80.0 cm³/mol. The number of ether oxygens (including phenoxy) is 1. The van der Waals surface area contributed by atoms with E-state index in [2.05, 4.69) is 5.32 Å². The summed E-state index contributed by atoms with van der Waals surface area (Å²) in [6.45, 7) is 0.460. The molecule has 3 nitrogen and oxygen atoms in total. The molecule has 0 aliphatic rings. The Bertz CT molecular complexity index is 664. The first-order valence-corrected chi connectivity index (χ1v) is 7.01. The van der Waals surface area contributed by atoms with Gasteiger partial charge in [0.15, 0.2) is 0 Å². The summed E-state index contributed by atoms with van der Waals surface area (Å²) in [5, 5.41) is 2.82. The van der Waals surface area contributed by atoms with Crippen LogP contribution < -0.4 is 10.1 Å². The second-order valence-electron chi connectivity index (χ2n) is 4.58. The molecule has 0 bridgehead atoms. The van der Waals surface area contributed by atoms with E-state index in [1.165, 1.54) is 24.3 Å². The fraction of sp³-hybridized carbons (Fsp3) is 0.188. The highest BCUT2D eigenvalue weighted by Crippen LogP contribution is 2.24. The molecule has 0 unspecified atom stereocenters. The minimum Gasteiger partial charge on any atom is -0.490 e. The molecule has 2 aromatic rings. The summed E-state index contributed by atoms with van der Waals surface area (Å²) in [4.78, 5) is 11.7. The summed E-state index contributed by atoms with van der Waals surface area (Å²) < 4.78 is 31.2. The maximum Gasteiger partial charge on any atom is 0.224 e. The van der Waals surface area contributed by atoms with E-state index in [9.17, 15) is 13.6 Å². The molecule has 1 N–H and O–H groups in total. The zero-order chi connectivity index (χ0) is 15.9. The lowest BCUT2D eigenvalue weighted by molar-refractivity contribution is -0.120. The van der Waals surface area contributed by atoms with Crippen LogP contribution >= 0.6 is 11.6 Å². The molecule has 2 rings (SSSR count). The number of carbonyl (C=O) groups excluding carboxylic acids is 1. The Morgan fingerprint density at radius 2 is 1.91 bits per heavy atom. The number of hydrogen-bond acceptors (Lipinski definition) is 2. The minimum atomic E-state index is -0.444. The van der Waals surface area contributed by atoms with E-state index in [0.717, 1.165) is 6.07 Å². The van der Waals surface area contributed by atoms with E-state index in [1.807, 2.05) is 0 Å². The smallest absolute Gasteiger partial charge is 0.224 e. The fourth-order valence-corrected chi connectivity index (χ4v) is 2.06. The van der Waals surface area contributed by atoms with Gasteiger partial charge in [-0.25, -0.2) is 8.78 Å². The fourth-order valence-electron chi connectivity index (χ4n) is 1.84. The van der Waals surface area contributed by atoms with Crippen LogP contribution in [0.3, 0.4) is 0 Å². The highest BCUT2D eigenvalue weighted by atomic mass is 35.5. The Balaban J connectivity index is 1.73. The standard InChI is InChI=1S/C16H14ClF2NO2/c17-14-10-13(19)4-5-15(14)22-7-6-20-16(21)9-11-2-1-3-12(18)8-11/h1-5,8,10H,6-7,9H2,(H,20,21). The van der Waals surface area contributed by atoms with Gasteiger partial charge in [0.05, 0.1) is 18.0 Å². The van der Waals surface area contributed by atoms with Gasteiger partial charge in [0.2, 0.25) is 5.91 Å². The van der Waals surface area contributed by atoms with E-state index in [4.69, 9.17) is 16.3 Å². The van der Waals surface area contributed by atoms with Gasteiger partial charge in [-0.15, -0.1) is 0 Å². The average molecular weight is 326 g/mol. The van der Waals surface area contributed by atoms with Gasteiger partial charge >= 0.3 is 0 Å². The van der Waals surface area contributed by atoms with Gasteiger partial charge in [-0.05, 0) is 35.9 Å². The number of rotatable bonds is 6. The van der Waals surface area contributed by atoms with E-state index in [1.54, 1.807) is 12.1 Å². The van der Waals surface area contributed by atoms with E-state index in [0.29, 0.717) is 11.3 Å². The van der Waals surface area contributed by atoms with E-state index in [-0.39, 0.29) is 36.3 Å². The van der Waals surface area contributed by atoms with Gasteiger partial charge in [-0.3, -0.25) is 4.79 Å². The Morgan fingerprint density at radius 3 is 2.64 bits per heavy atom. The maximum atomic E-state index is 13.0. The molecule has 116 valence electrons. The molecule has 0 fully saturated rings. The zero-order valence-electron chi connectivity index (χ0n) is 11.6. The van der Waals surface area contributed by atoms with Crippen LogP contribution in [0.25, 0.3) is 0 Å². The molecule has 0 aromatic heterocycles. The first-order chi connectivity index (χ1) is 10.5. The van der Waals surface area contributed by atoms with Crippen LogP contribution in [-0.2, 0) is 11.2 Å². The monoisotopic (exact) mass is 325 g/mol. The summed E-state index contributed by atoms with van der Waals surface area (Å²) in [7, 11) is 0. The van der Waals surface area contributed by atoms with Gasteiger partial charge in [-0.1, -0.05) is 23.7 Å². The third-order valence-corrected chi connectivity index (χ3v) is 3.12. The van der Waals surface area contributed by atoms with Crippen molar-refractivity contribution in [3.63, 3.8) is 0 Å². The third kappa shape index (κ3) is 5.00. The van der Waals surface area contributed by atoms with Crippen LogP contribution in [0.5, 0.6) is 5.75 Å². The lowest BCUT2D eigenvalue weighted by atomic mass is 10.1. The number of amides is 1. The second kappa shape index (κ2) is 7.75. The van der Waals surface area contributed by atoms with Crippen molar-refractivity contribution in [2.75, 3.05) is 13.2 Å². The zero-order valence-corrected chi connectivity index (χ0v) is 12.4. The second-order valence-corrected chi connectivity index (χ2v) is 4.99. The summed E-state index contributed by atoms with van der Waals surface area (Å²) >= 11 is 5.81. The largest absolute Gasteiger partial charge is 0.490 e. The first kappa shape index (κ1) is 16.2. The lowest BCUT2D eigenvalue weighted by Crippen LogP contribution is -2.29. The van der Waals surface area contributed by atoms with Crippen molar-refractivity contribution < 1.29 is 18.3 Å². The van der Waals surface area contributed by atoms with Crippen molar-refractivity contribution in [1.29, 1.82) is 0 Å². The minimum absolute atomic E-state index is 0.0923. The molecular formula is C16H14ClF2NO2. The summed E-state index contributed by atoms with van der Waals surface area (Å²) in [6, 6.07) is 9.68. The van der Waals surface area contributed by atoms with Gasteiger partial charge < -0.3 is 10.1 Å². The van der Waals surface area contributed by atoms with Gasteiger partial charge in [0.1, 0.15) is 24.0 Å². The summed E-state index contributed by atoms with van der Waals surface area (Å²) in [5.74, 6) is -0.706. The molecular weight excluding hydrogens is 312 g/mol. The van der Waals surface area contributed by atoms with E-state index >= 15 is 0 Å². The molecule has 0 atom stereocenters. The van der Waals surface area contributed by atoms with Crippen molar-refractivity contribution in [3.05, 3.63) is 64.7 Å². The SMILES string of the molecule is O=C(Cc1cccc(F)c1)NCCOc1ccc(F)cc1Cl. The molecule has 22 heavy (non-hydrogen) atoms. The Kier molecular flexibility index (Phi) is 5.72. The van der Waals surface area contributed by atoms with Crippen LogP contribution in [0.4, 0.5) is 8.78 Å². The van der Waals surface area contributed by atoms with Crippen LogP contribution in [0, 0.1) is 11.6 Å². The van der Waals surface area contributed by atoms with Crippen LogP contribution in [0.2, 0.25) is 5.02 Å². The average Bonchev–Trinajstić information content (AvgIpc) is 2.45. The molecule has 0 aliphatic carbocycles. The van der Waals surface area contributed by atoms with Crippen molar-refractivity contribution in [3.8, 4) is 5.75 Å². The predicted octanol–water partition coefficient (Wildman–Crippen LogP) is 3.36. The molecule has 1 amide bonds. The third-order valence-electron chi connectivity index (χ3n) is 2.83. The first-order valence-electron chi connectivity index (χ1n) is 6.63. The molecule has 6 heteroatoms. The number of halogens is 3. The van der Waals surface area contributed by atoms with Gasteiger partial charge in [0, 0.05) is 0 Å². The highest BCUT2D eigenvalue weighted by Gasteiger charge is 2.05. The van der Waals surface area contributed by atoms with Crippen LogP contribution in [0.15, 0.2) is 42.5 Å². The molecule has 0 radical (unpaired) electrons. The van der Waals surface area contributed by atoms with Crippen molar-refractivity contribution in [1.82, 2.24) is 5.32 Å². The summed E-state index contributed by atoms with van der Waals surface area (Å²) in [6.07, 6.45) is 0.0923. The topological polar surface area (TPSA) is 38.3 Å². The van der Waals surface area contributed by atoms with Crippen LogP contribution in [-0.4, -0.2) is 19.1 Å². The Labute approximate surface area is 131 Å². The van der Waals surface area contributed by atoms with Gasteiger partial charge in [0.25, 0.3) is 0 Å². The van der Waals surface area contributed by atoms with Gasteiger partial charge in [-0.2, -0.15) is 0 Å². The Morgan fingerprint density at radius 1 is 1.14 bits per heavy atom. The number of nitrogens with one attached hydrogen (secondary N) is 1. The molecule has 0 saturated carbocycles. The van der Waals surface area contributed by atoms with Crippen molar-refractivity contribution >= 4 is 17.5 Å². The number of benzene rings is 2. The lowest BCUT2D eigenvalue weighted by Gasteiger charge is -2.09. The number of carbonyl (C=O) groups is 1. The normalized spacial score (nSPS) is 10.3. The molecule has 2 aromatic carbocycles. The molecule has 0 spiro atoms. The van der Waals surface area contributed by atoms with Crippen LogP contribution in [0.1, 0.15) is 5.56 Å². The van der Waals surface area contributed by atoms with E-state index < -0.39 is 5.82 Å².